The van der Waals surface area contributed by atoms with Crippen molar-refractivity contribution < 1.29 is 9.47 Å². The van der Waals surface area contributed by atoms with Gasteiger partial charge in [0.2, 0.25) is 5.88 Å². The van der Waals surface area contributed by atoms with Crippen molar-refractivity contribution in [1.29, 1.82) is 0 Å². The van der Waals surface area contributed by atoms with E-state index in [-0.39, 0.29) is 0 Å². The highest BCUT2D eigenvalue weighted by Gasteiger charge is 2.16. The molecule has 0 aromatic carbocycles. The third-order valence-electron chi connectivity index (χ3n) is 2.30. The van der Waals surface area contributed by atoms with E-state index >= 15 is 0 Å². The number of nitrogens with zero attached hydrogens (tertiary/aromatic N) is 1. The van der Waals surface area contributed by atoms with Gasteiger partial charge in [0.1, 0.15) is 12.4 Å². The molecule has 4 nitrogen and oxygen atoms in total. The lowest BCUT2D eigenvalue weighted by Crippen LogP contribution is -2.46. The lowest BCUT2D eigenvalue weighted by Gasteiger charge is -2.27. The third kappa shape index (κ3) is 2.14. The fourth-order valence-corrected chi connectivity index (χ4v) is 1.26. The summed E-state index contributed by atoms with van der Waals surface area (Å²) >= 11 is 0. The molecule has 1 fully saturated rings. The van der Waals surface area contributed by atoms with Gasteiger partial charge in [0.15, 0.2) is 0 Å². The van der Waals surface area contributed by atoms with Crippen molar-refractivity contribution in [3.8, 4) is 11.6 Å². The van der Waals surface area contributed by atoms with Crippen molar-refractivity contribution in [1.82, 2.24) is 10.3 Å². The van der Waals surface area contributed by atoms with Gasteiger partial charge in [0, 0.05) is 12.1 Å². The second-order valence-corrected chi connectivity index (χ2v) is 3.29. The lowest BCUT2D eigenvalue weighted by molar-refractivity contribution is 0.216. The lowest BCUT2D eigenvalue weighted by atomic mass is 10.1. The van der Waals surface area contributed by atoms with Crippen molar-refractivity contribution in [2.75, 3.05) is 20.3 Å². The molecule has 0 spiro atoms. The van der Waals surface area contributed by atoms with E-state index in [2.05, 4.69) is 10.3 Å². The van der Waals surface area contributed by atoms with E-state index in [9.17, 15) is 0 Å². The number of aromatic nitrogens is 1. The second kappa shape index (κ2) is 4.28. The molecule has 1 atom stereocenters. The van der Waals surface area contributed by atoms with Crippen LogP contribution in [0.1, 0.15) is 6.42 Å². The molecule has 1 saturated heterocycles. The summed E-state index contributed by atoms with van der Waals surface area (Å²) < 4.78 is 10.5. The van der Waals surface area contributed by atoms with Gasteiger partial charge >= 0.3 is 0 Å². The predicted octanol–water partition coefficient (Wildman–Crippen LogP) is 0.831. The van der Waals surface area contributed by atoms with Gasteiger partial charge in [-0.2, -0.15) is 0 Å². The van der Waals surface area contributed by atoms with Crippen molar-refractivity contribution in [3.05, 3.63) is 18.3 Å². The zero-order chi connectivity index (χ0) is 9.80. The third-order valence-corrected chi connectivity index (χ3v) is 2.30. The molecule has 1 aromatic heterocycles. The van der Waals surface area contributed by atoms with E-state index in [1.54, 1.807) is 19.4 Å². The predicted molar refractivity (Wildman–Crippen MR) is 52.7 cm³/mol. The average Bonchev–Trinajstić information content (AvgIpc) is 2.16. The van der Waals surface area contributed by atoms with Crippen LogP contribution in [0.3, 0.4) is 0 Å². The Morgan fingerprint density at radius 1 is 1.57 bits per heavy atom. The van der Waals surface area contributed by atoms with Crippen LogP contribution in [0.4, 0.5) is 0 Å². The molecule has 0 aliphatic carbocycles. The number of rotatable bonds is 4. The van der Waals surface area contributed by atoms with E-state index in [0.717, 1.165) is 12.3 Å². The monoisotopic (exact) mass is 194 g/mol. The number of methoxy groups -OCH3 is 1. The van der Waals surface area contributed by atoms with Gasteiger partial charge in [-0.15, -0.1) is 0 Å². The van der Waals surface area contributed by atoms with Crippen LogP contribution in [0.15, 0.2) is 18.3 Å². The minimum Gasteiger partial charge on any atom is -0.490 e. The maximum absolute atomic E-state index is 5.53. The first kappa shape index (κ1) is 9.27. The number of hydrogen-bond donors (Lipinski definition) is 1. The Morgan fingerprint density at radius 2 is 2.43 bits per heavy atom. The first-order valence-electron chi connectivity index (χ1n) is 4.75. The van der Waals surface area contributed by atoms with Gasteiger partial charge in [-0.1, -0.05) is 0 Å². The molecule has 1 N–H and O–H groups in total. The Bertz CT molecular complexity index is 283. The summed E-state index contributed by atoms with van der Waals surface area (Å²) in [6, 6.07) is 4.17. The van der Waals surface area contributed by atoms with Crippen LogP contribution in [0.5, 0.6) is 11.6 Å². The quantitative estimate of drug-likeness (QED) is 0.771. The molecular formula is C10H14N2O2. The highest BCUT2D eigenvalue weighted by Crippen LogP contribution is 2.14. The molecule has 2 rings (SSSR count). The summed E-state index contributed by atoms with van der Waals surface area (Å²) in [7, 11) is 1.60. The summed E-state index contributed by atoms with van der Waals surface area (Å²) in [5.41, 5.74) is 0. The molecule has 0 bridgehead atoms. The molecule has 1 aliphatic heterocycles. The highest BCUT2D eigenvalue weighted by molar-refractivity contribution is 5.22. The Morgan fingerprint density at radius 3 is 2.93 bits per heavy atom. The normalized spacial score (nSPS) is 19.9. The fourth-order valence-electron chi connectivity index (χ4n) is 1.26. The van der Waals surface area contributed by atoms with E-state index < -0.39 is 0 Å². The van der Waals surface area contributed by atoms with Crippen LogP contribution in [0.2, 0.25) is 0 Å². The van der Waals surface area contributed by atoms with E-state index in [0.29, 0.717) is 18.5 Å². The first-order valence-corrected chi connectivity index (χ1v) is 4.75. The van der Waals surface area contributed by atoms with Gasteiger partial charge in [-0.25, -0.2) is 4.98 Å². The van der Waals surface area contributed by atoms with Crippen molar-refractivity contribution in [2.24, 2.45) is 0 Å². The minimum absolute atomic E-state index is 0.511. The maximum atomic E-state index is 5.53. The molecule has 0 radical (unpaired) electrons. The van der Waals surface area contributed by atoms with Gasteiger partial charge in [0.25, 0.3) is 0 Å². The summed E-state index contributed by atoms with van der Waals surface area (Å²) in [5.74, 6) is 1.40. The van der Waals surface area contributed by atoms with Crippen LogP contribution >= 0.6 is 0 Å². The molecule has 1 aliphatic rings. The molecule has 0 amide bonds. The first-order chi connectivity index (χ1) is 6.88. The number of ether oxygens (including phenoxy) is 2. The van der Waals surface area contributed by atoms with E-state index in [1.807, 2.05) is 6.07 Å². The molecular weight excluding hydrogens is 180 g/mol. The smallest absolute Gasteiger partial charge is 0.213 e. The molecule has 0 saturated carbocycles. The Balaban J connectivity index is 1.83. The number of pyridine rings is 1. The van der Waals surface area contributed by atoms with Crippen molar-refractivity contribution in [3.63, 3.8) is 0 Å². The average molecular weight is 194 g/mol. The van der Waals surface area contributed by atoms with Crippen LogP contribution in [0, 0.1) is 0 Å². The SMILES string of the molecule is COc1ccc(OC[C@H]2CCN2)cn1. The molecule has 2 heterocycles. The number of nitrogens with one attached hydrogen (secondary N) is 1. The summed E-state index contributed by atoms with van der Waals surface area (Å²) in [6.07, 6.45) is 2.88. The van der Waals surface area contributed by atoms with Crippen LogP contribution < -0.4 is 14.8 Å². The topological polar surface area (TPSA) is 43.4 Å². The van der Waals surface area contributed by atoms with Crippen LogP contribution in [-0.4, -0.2) is 31.3 Å². The second-order valence-electron chi connectivity index (χ2n) is 3.29. The molecule has 0 unspecified atom stereocenters. The van der Waals surface area contributed by atoms with Gasteiger partial charge in [-0.05, 0) is 19.0 Å². The zero-order valence-electron chi connectivity index (χ0n) is 8.19. The standard InChI is InChI=1S/C10H14N2O2/c1-13-10-3-2-9(6-12-10)14-7-8-4-5-11-8/h2-3,6,8,11H,4-5,7H2,1H3/t8-/m1/s1. The van der Waals surface area contributed by atoms with Gasteiger partial charge in [0.05, 0.1) is 13.3 Å². The van der Waals surface area contributed by atoms with E-state index in [1.165, 1.54) is 6.42 Å². The molecule has 1 aromatic rings. The number of hydrogen-bond acceptors (Lipinski definition) is 4. The van der Waals surface area contributed by atoms with Gasteiger partial charge < -0.3 is 14.8 Å². The van der Waals surface area contributed by atoms with Crippen molar-refractivity contribution in [2.45, 2.75) is 12.5 Å². The van der Waals surface area contributed by atoms with Crippen LogP contribution in [0.25, 0.3) is 0 Å². The highest BCUT2D eigenvalue weighted by atomic mass is 16.5. The van der Waals surface area contributed by atoms with Crippen LogP contribution in [-0.2, 0) is 0 Å². The molecule has 4 heteroatoms. The zero-order valence-corrected chi connectivity index (χ0v) is 8.19. The molecule has 76 valence electrons. The van der Waals surface area contributed by atoms with Gasteiger partial charge in [-0.3, -0.25) is 0 Å². The molecule has 14 heavy (non-hydrogen) atoms. The summed E-state index contributed by atoms with van der Waals surface area (Å²) in [6.45, 7) is 1.82. The maximum Gasteiger partial charge on any atom is 0.213 e. The Kier molecular flexibility index (Phi) is 2.84. The van der Waals surface area contributed by atoms with Crippen molar-refractivity contribution >= 4 is 0 Å². The van der Waals surface area contributed by atoms with E-state index in [4.69, 9.17) is 9.47 Å². The summed E-state index contributed by atoms with van der Waals surface area (Å²) in [5, 5.41) is 3.27. The minimum atomic E-state index is 0.511. The fraction of sp³-hybridized carbons (Fsp3) is 0.500. The summed E-state index contributed by atoms with van der Waals surface area (Å²) in [4.78, 5) is 4.05. The Hall–Kier alpha value is -1.29. The Labute approximate surface area is 83.2 Å². The largest absolute Gasteiger partial charge is 0.490 e.